The van der Waals surface area contributed by atoms with E-state index in [1.807, 2.05) is 24.3 Å². The Balaban J connectivity index is 1.52. The van der Waals surface area contributed by atoms with Crippen LogP contribution in [0.3, 0.4) is 0 Å². The SMILES string of the molecule is CC(C)(CCCc1ccccc1Cl)NCC(O)COc1cc(-c2ccc(C(=O)O)cc2)ccc1C#N. The van der Waals surface area contributed by atoms with Crippen molar-refractivity contribution in [3.05, 3.63) is 88.4 Å². The number of hydrogen-bond acceptors (Lipinski definition) is 5. The number of rotatable bonds is 12. The topological polar surface area (TPSA) is 103 Å². The molecule has 3 aromatic rings. The molecule has 1 unspecified atom stereocenters. The predicted molar refractivity (Wildman–Crippen MR) is 142 cm³/mol. The zero-order valence-electron chi connectivity index (χ0n) is 20.5. The summed E-state index contributed by atoms with van der Waals surface area (Å²) in [5.41, 5.74) is 3.11. The first-order chi connectivity index (χ1) is 17.2. The lowest BCUT2D eigenvalue weighted by Gasteiger charge is -2.28. The highest BCUT2D eigenvalue weighted by Crippen LogP contribution is 2.28. The molecule has 7 heteroatoms. The van der Waals surface area contributed by atoms with Crippen LogP contribution in [0.1, 0.15) is 48.2 Å². The van der Waals surface area contributed by atoms with Gasteiger partial charge in [-0.05, 0) is 80.1 Å². The van der Waals surface area contributed by atoms with Crippen molar-refractivity contribution in [3.8, 4) is 22.9 Å². The summed E-state index contributed by atoms with van der Waals surface area (Å²) in [6.07, 6.45) is 2.00. The molecule has 0 radical (unpaired) electrons. The van der Waals surface area contributed by atoms with E-state index in [1.165, 1.54) is 12.1 Å². The molecule has 6 nitrogen and oxygen atoms in total. The number of aliphatic hydroxyl groups is 1. The normalized spacial score (nSPS) is 12.1. The second-order valence-electron chi connectivity index (χ2n) is 9.38. The second-order valence-corrected chi connectivity index (χ2v) is 9.79. The van der Waals surface area contributed by atoms with Crippen LogP contribution in [0.4, 0.5) is 0 Å². The van der Waals surface area contributed by atoms with Crippen LogP contribution in [0.5, 0.6) is 5.75 Å². The van der Waals surface area contributed by atoms with Crippen molar-refractivity contribution in [3.63, 3.8) is 0 Å². The van der Waals surface area contributed by atoms with Crippen LogP contribution in [0.15, 0.2) is 66.7 Å². The molecule has 1 atom stereocenters. The minimum atomic E-state index is -0.989. The number of aromatic carboxylic acids is 1. The van der Waals surface area contributed by atoms with Gasteiger partial charge in [-0.3, -0.25) is 0 Å². The number of β-amino-alcohol motifs (C(OH)–C–C–N with tert-alkyl or cyclic N) is 1. The second kappa shape index (κ2) is 12.5. The fourth-order valence-corrected chi connectivity index (χ4v) is 4.10. The predicted octanol–water partition coefficient (Wildman–Crippen LogP) is 5.71. The Morgan fingerprint density at radius 2 is 1.81 bits per heavy atom. The van der Waals surface area contributed by atoms with E-state index in [2.05, 4.69) is 25.2 Å². The van der Waals surface area contributed by atoms with Crippen molar-refractivity contribution in [2.45, 2.75) is 44.8 Å². The largest absolute Gasteiger partial charge is 0.489 e. The van der Waals surface area contributed by atoms with Crippen molar-refractivity contribution in [1.29, 1.82) is 5.26 Å². The fraction of sp³-hybridized carbons (Fsp3) is 0.310. The number of aryl methyl sites for hydroxylation is 1. The van der Waals surface area contributed by atoms with Crippen molar-refractivity contribution in [2.24, 2.45) is 0 Å². The van der Waals surface area contributed by atoms with Gasteiger partial charge in [-0.2, -0.15) is 5.26 Å². The number of nitrogens with one attached hydrogen (secondary N) is 1. The molecule has 3 aromatic carbocycles. The highest BCUT2D eigenvalue weighted by atomic mass is 35.5. The van der Waals surface area contributed by atoms with Gasteiger partial charge in [0.2, 0.25) is 0 Å². The maximum absolute atomic E-state index is 11.1. The zero-order valence-corrected chi connectivity index (χ0v) is 21.3. The van der Waals surface area contributed by atoms with Gasteiger partial charge in [-0.15, -0.1) is 0 Å². The van der Waals surface area contributed by atoms with Gasteiger partial charge in [0.05, 0.1) is 11.1 Å². The third-order valence-corrected chi connectivity index (χ3v) is 6.39. The third kappa shape index (κ3) is 7.82. The number of hydrogen-bond donors (Lipinski definition) is 3. The highest BCUT2D eigenvalue weighted by molar-refractivity contribution is 6.31. The molecule has 3 rings (SSSR count). The number of nitrogens with zero attached hydrogens (tertiary/aromatic N) is 1. The van der Waals surface area contributed by atoms with E-state index in [9.17, 15) is 15.2 Å². The minimum Gasteiger partial charge on any atom is -0.489 e. The average Bonchev–Trinajstić information content (AvgIpc) is 2.87. The summed E-state index contributed by atoms with van der Waals surface area (Å²) in [5.74, 6) is -0.618. The molecule has 0 heterocycles. The van der Waals surface area contributed by atoms with E-state index >= 15 is 0 Å². The number of carboxylic acids is 1. The average molecular weight is 507 g/mol. The summed E-state index contributed by atoms with van der Waals surface area (Å²) in [4.78, 5) is 11.1. The Kier molecular flexibility index (Phi) is 9.49. The summed E-state index contributed by atoms with van der Waals surface area (Å²) in [6.45, 7) is 4.57. The molecular weight excluding hydrogens is 476 g/mol. The smallest absolute Gasteiger partial charge is 0.335 e. The van der Waals surface area contributed by atoms with Crippen molar-refractivity contribution in [1.82, 2.24) is 5.32 Å². The summed E-state index contributed by atoms with van der Waals surface area (Å²) in [7, 11) is 0. The summed E-state index contributed by atoms with van der Waals surface area (Å²) < 4.78 is 5.81. The van der Waals surface area contributed by atoms with Crippen LogP contribution in [-0.2, 0) is 6.42 Å². The molecule has 0 bridgehead atoms. The molecule has 0 aliphatic heterocycles. The first-order valence-electron chi connectivity index (χ1n) is 11.9. The van der Waals surface area contributed by atoms with E-state index in [4.69, 9.17) is 21.4 Å². The maximum atomic E-state index is 11.1. The first-order valence-corrected chi connectivity index (χ1v) is 12.2. The van der Waals surface area contributed by atoms with Crippen LogP contribution < -0.4 is 10.1 Å². The highest BCUT2D eigenvalue weighted by Gasteiger charge is 2.19. The zero-order chi connectivity index (χ0) is 26.1. The van der Waals surface area contributed by atoms with E-state index in [1.54, 1.807) is 30.3 Å². The molecule has 3 N–H and O–H groups in total. The molecule has 36 heavy (non-hydrogen) atoms. The van der Waals surface area contributed by atoms with Crippen LogP contribution in [0, 0.1) is 11.3 Å². The number of aliphatic hydroxyl groups excluding tert-OH is 1. The van der Waals surface area contributed by atoms with Crippen molar-refractivity contribution >= 4 is 17.6 Å². The lowest BCUT2D eigenvalue weighted by molar-refractivity contribution is 0.0697. The van der Waals surface area contributed by atoms with E-state index in [0.717, 1.165) is 41.0 Å². The Morgan fingerprint density at radius 3 is 2.47 bits per heavy atom. The van der Waals surface area contributed by atoms with E-state index in [0.29, 0.717) is 17.9 Å². The molecule has 0 spiro atoms. The van der Waals surface area contributed by atoms with Crippen LogP contribution in [-0.4, -0.2) is 41.0 Å². The minimum absolute atomic E-state index is 0.0266. The van der Waals surface area contributed by atoms with Crippen molar-refractivity contribution < 1.29 is 19.7 Å². The van der Waals surface area contributed by atoms with Gasteiger partial charge < -0.3 is 20.3 Å². The standard InChI is InChI=1S/C29H31ClN2O4/c1-29(2,15-5-7-21-6-3-4-8-26(21)30)32-18-25(33)19-36-27-16-23(13-14-24(27)17-31)20-9-11-22(12-10-20)28(34)35/h3-4,6,8-14,16,25,32-33H,5,7,15,18-19H2,1-2H3,(H,34,35). The monoisotopic (exact) mass is 506 g/mol. The molecule has 0 aromatic heterocycles. The van der Waals surface area contributed by atoms with E-state index < -0.39 is 12.1 Å². The molecule has 0 amide bonds. The molecule has 0 aliphatic rings. The molecule has 0 saturated carbocycles. The summed E-state index contributed by atoms with van der Waals surface area (Å²) >= 11 is 6.24. The number of carbonyl (C=O) groups is 1. The lowest BCUT2D eigenvalue weighted by atomic mass is 9.95. The quantitative estimate of drug-likeness (QED) is 0.291. The first kappa shape index (κ1) is 27.2. The Bertz CT molecular complexity index is 1220. The van der Waals surface area contributed by atoms with Crippen LogP contribution in [0.2, 0.25) is 5.02 Å². The van der Waals surface area contributed by atoms with Gasteiger partial charge in [-0.25, -0.2) is 4.79 Å². The van der Waals surface area contributed by atoms with Gasteiger partial charge in [0.1, 0.15) is 24.5 Å². The lowest BCUT2D eigenvalue weighted by Crippen LogP contribution is -2.44. The van der Waals surface area contributed by atoms with Gasteiger partial charge in [0.25, 0.3) is 0 Å². The number of benzene rings is 3. The van der Waals surface area contributed by atoms with Gasteiger partial charge in [0.15, 0.2) is 0 Å². The van der Waals surface area contributed by atoms with E-state index in [-0.39, 0.29) is 17.7 Å². The van der Waals surface area contributed by atoms with Crippen LogP contribution >= 0.6 is 11.6 Å². The molecule has 0 fully saturated rings. The third-order valence-electron chi connectivity index (χ3n) is 6.02. The number of nitriles is 1. The Labute approximate surface area is 217 Å². The molecule has 188 valence electrons. The molecule has 0 aliphatic carbocycles. The van der Waals surface area contributed by atoms with Gasteiger partial charge in [-0.1, -0.05) is 48.0 Å². The van der Waals surface area contributed by atoms with Crippen LogP contribution in [0.25, 0.3) is 11.1 Å². The fourth-order valence-electron chi connectivity index (χ4n) is 3.87. The van der Waals surface area contributed by atoms with Gasteiger partial charge >= 0.3 is 5.97 Å². The molecular formula is C29H31ClN2O4. The van der Waals surface area contributed by atoms with Crippen molar-refractivity contribution in [2.75, 3.05) is 13.2 Å². The number of halogens is 1. The number of ether oxygens (including phenoxy) is 1. The molecule has 0 saturated heterocycles. The summed E-state index contributed by atoms with van der Waals surface area (Å²) in [6, 6.07) is 21.6. The Morgan fingerprint density at radius 1 is 1.11 bits per heavy atom. The maximum Gasteiger partial charge on any atom is 0.335 e. The summed E-state index contributed by atoms with van der Waals surface area (Å²) in [5, 5.41) is 33.2. The van der Waals surface area contributed by atoms with Gasteiger partial charge in [0, 0.05) is 17.1 Å². The Hall–Kier alpha value is -3.37. The number of carboxylic acid groups (broad SMARTS) is 1.